The summed E-state index contributed by atoms with van der Waals surface area (Å²) in [7, 11) is 1.97. The van der Waals surface area contributed by atoms with Crippen molar-refractivity contribution in [1.29, 1.82) is 0 Å². The van der Waals surface area contributed by atoms with Crippen LogP contribution in [0.3, 0.4) is 0 Å². The van der Waals surface area contributed by atoms with E-state index in [0.717, 1.165) is 32.1 Å². The summed E-state index contributed by atoms with van der Waals surface area (Å²) in [4.78, 5) is 4.60. The highest BCUT2D eigenvalue weighted by molar-refractivity contribution is 5.04. The van der Waals surface area contributed by atoms with Crippen LogP contribution in [0.1, 0.15) is 51.2 Å². The van der Waals surface area contributed by atoms with Gasteiger partial charge in [-0.15, -0.1) is 0 Å². The van der Waals surface area contributed by atoms with Gasteiger partial charge in [-0.2, -0.15) is 4.98 Å². The quantitative estimate of drug-likeness (QED) is 0.792. The van der Waals surface area contributed by atoms with E-state index in [1.54, 1.807) is 0 Å². The van der Waals surface area contributed by atoms with Gasteiger partial charge in [0.25, 0.3) is 0 Å². The molecule has 0 aromatic carbocycles. The first-order valence-corrected chi connectivity index (χ1v) is 7.96. The fourth-order valence-electron chi connectivity index (χ4n) is 2.84. The summed E-state index contributed by atoms with van der Waals surface area (Å²) in [6.07, 6.45) is 4.55. The van der Waals surface area contributed by atoms with Gasteiger partial charge in [0.15, 0.2) is 0 Å². The van der Waals surface area contributed by atoms with Gasteiger partial charge in [-0.25, -0.2) is 0 Å². The lowest BCUT2D eigenvalue weighted by molar-refractivity contribution is -0.118. The maximum absolute atomic E-state index is 5.97. The topological polar surface area (TPSA) is 69.4 Å². The van der Waals surface area contributed by atoms with Crippen LogP contribution in [0, 0.1) is 0 Å². The molecule has 1 aromatic heterocycles. The number of nitrogens with zero attached hydrogens (tertiary/aromatic N) is 2. The number of hydrogen-bond donors (Lipinski definition) is 1. The van der Waals surface area contributed by atoms with Crippen molar-refractivity contribution in [2.24, 2.45) is 0 Å². The van der Waals surface area contributed by atoms with Gasteiger partial charge < -0.3 is 19.3 Å². The Hall–Kier alpha value is -0.980. The highest BCUT2D eigenvalue weighted by atomic mass is 16.5. The van der Waals surface area contributed by atoms with Crippen LogP contribution >= 0.6 is 0 Å². The summed E-state index contributed by atoms with van der Waals surface area (Å²) < 4.78 is 16.9. The van der Waals surface area contributed by atoms with Crippen molar-refractivity contribution in [1.82, 2.24) is 15.5 Å². The van der Waals surface area contributed by atoms with Gasteiger partial charge in [-0.1, -0.05) is 18.5 Å². The third kappa shape index (κ3) is 4.02. The second kappa shape index (κ2) is 7.87. The van der Waals surface area contributed by atoms with Gasteiger partial charge in [-0.3, -0.25) is 0 Å². The third-order valence-electron chi connectivity index (χ3n) is 4.06. The second-order valence-corrected chi connectivity index (χ2v) is 5.53. The minimum absolute atomic E-state index is 0.376. The molecule has 0 spiro atoms. The van der Waals surface area contributed by atoms with Gasteiger partial charge in [0.1, 0.15) is 5.60 Å². The molecule has 1 aliphatic rings. The van der Waals surface area contributed by atoms with E-state index in [2.05, 4.69) is 22.4 Å². The van der Waals surface area contributed by atoms with Crippen LogP contribution < -0.4 is 5.32 Å². The number of rotatable bonds is 8. The molecule has 0 saturated carbocycles. The fourth-order valence-corrected chi connectivity index (χ4v) is 2.84. The zero-order chi connectivity index (χ0) is 15.1. The third-order valence-corrected chi connectivity index (χ3v) is 4.06. The Kier molecular flexibility index (Phi) is 6.14. The molecule has 6 heteroatoms. The van der Waals surface area contributed by atoms with Crippen molar-refractivity contribution in [3.05, 3.63) is 11.7 Å². The standard InChI is InChI=1S/C15H27N3O3/c1-4-6-12(16-3)11-13-17-14(18-21-13)15(20-5-2)7-9-19-10-8-15/h12,16H,4-11H2,1-3H3. The molecular weight excluding hydrogens is 270 g/mol. The van der Waals surface area contributed by atoms with Gasteiger partial charge in [-0.05, 0) is 20.4 Å². The zero-order valence-corrected chi connectivity index (χ0v) is 13.4. The lowest BCUT2D eigenvalue weighted by Crippen LogP contribution is -2.37. The predicted octanol–water partition coefficient (Wildman–Crippen LogP) is 2.04. The Morgan fingerprint density at radius 3 is 2.71 bits per heavy atom. The molecule has 0 radical (unpaired) electrons. The van der Waals surface area contributed by atoms with Gasteiger partial charge in [0.2, 0.25) is 11.7 Å². The zero-order valence-electron chi connectivity index (χ0n) is 13.4. The van der Waals surface area contributed by atoms with Crippen LogP contribution in [-0.2, 0) is 21.5 Å². The first-order chi connectivity index (χ1) is 10.2. The molecule has 2 rings (SSSR count). The van der Waals surface area contributed by atoms with Crippen molar-refractivity contribution in [3.63, 3.8) is 0 Å². The Morgan fingerprint density at radius 1 is 1.33 bits per heavy atom. The van der Waals surface area contributed by atoms with Crippen LogP contribution in [0.4, 0.5) is 0 Å². The number of nitrogens with one attached hydrogen (secondary N) is 1. The Labute approximate surface area is 126 Å². The predicted molar refractivity (Wildman–Crippen MR) is 79.1 cm³/mol. The molecule has 21 heavy (non-hydrogen) atoms. The summed E-state index contributed by atoms with van der Waals surface area (Å²) in [5.41, 5.74) is -0.436. The number of hydrogen-bond acceptors (Lipinski definition) is 6. The maximum Gasteiger partial charge on any atom is 0.228 e. The average Bonchev–Trinajstić information content (AvgIpc) is 2.97. The van der Waals surface area contributed by atoms with Gasteiger partial charge in [0, 0.05) is 45.1 Å². The molecule has 0 aliphatic carbocycles. The Bertz CT molecular complexity index is 411. The van der Waals surface area contributed by atoms with E-state index in [-0.39, 0.29) is 0 Å². The minimum Gasteiger partial charge on any atom is -0.381 e. The summed E-state index contributed by atoms with van der Waals surface area (Å²) in [6.45, 7) is 6.17. The van der Waals surface area contributed by atoms with Crippen LogP contribution in [0.15, 0.2) is 4.52 Å². The van der Waals surface area contributed by atoms with Crippen LogP contribution in [0.25, 0.3) is 0 Å². The molecule has 0 amide bonds. The lowest BCUT2D eigenvalue weighted by atomic mass is 9.93. The van der Waals surface area contributed by atoms with Crippen LogP contribution in [0.2, 0.25) is 0 Å². The van der Waals surface area contributed by atoms with Crippen molar-refractivity contribution in [2.45, 2.75) is 57.6 Å². The molecule has 1 atom stereocenters. The van der Waals surface area contributed by atoms with E-state index < -0.39 is 5.60 Å². The summed E-state index contributed by atoms with van der Waals surface area (Å²) >= 11 is 0. The van der Waals surface area contributed by atoms with Crippen molar-refractivity contribution < 1.29 is 14.0 Å². The molecule has 0 bridgehead atoms. The Balaban J connectivity index is 2.09. The highest BCUT2D eigenvalue weighted by Crippen LogP contribution is 2.34. The smallest absolute Gasteiger partial charge is 0.228 e. The van der Waals surface area contributed by atoms with Gasteiger partial charge >= 0.3 is 0 Å². The summed E-state index contributed by atoms with van der Waals surface area (Å²) in [6, 6.07) is 0.376. The molecule has 120 valence electrons. The number of aromatic nitrogens is 2. The molecule has 1 aromatic rings. The number of ether oxygens (including phenoxy) is 2. The summed E-state index contributed by atoms with van der Waals surface area (Å²) in [5, 5.41) is 7.48. The van der Waals surface area contributed by atoms with E-state index in [9.17, 15) is 0 Å². The molecule has 1 unspecified atom stereocenters. The maximum atomic E-state index is 5.97. The first kappa shape index (κ1) is 16.4. The van der Waals surface area contributed by atoms with Gasteiger partial charge in [0.05, 0.1) is 0 Å². The SMILES string of the molecule is CCCC(Cc1nc(C2(OCC)CCOCC2)no1)NC. The van der Waals surface area contributed by atoms with E-state index in [1.165, 1.54) is 0 Å². The molecule has 1 saturated heterocycles. The van der Waals surface area contributed by atoms with Crippen LogP contribution in [0.5, 0.6) is 0 Å². The van der Waals surface area contributed by atoms with E-state index in [4.69, 9.17) is 14.0 Å². The van der Waals surface area contributed by atoms with E-state index in [1.807, 2.05) is 14.0 Å². The van der Waals surface area contributed by atoms with Crippen molar-refractivity contribution >= 4 is 0 Å². The lowest BCUT2D eigenvalue weighted by Gasteiger charge is -2.33. The molecule has 6 nitrogen and oxygen atoms in total. The molecule has 1 N–H and O–H groups in total. The fraction of sp³-hybridized carbons (Fsp3) is 0.867. The van der Waals surface area contributed by atoms with E-state index >= 15 is 0 Å². The monoisotopic (exact) mass is 297 g/mol. The molecule has 1 fully saturated rings. The average molecular weight is 297 g/mol. The molecule has 1 aliphatic heterocycles. The summed E-state index contributed by atoms with van der Waals surface area (Å²) in [5.74, 6) is 1.36. The highest BCUT2D eigenvalue weighted by Gasteiger charge is 2.39. The number of likely N-dealkylation sites (N-methyl/N-ethyl adjacent to an activating group) is 1. The van der Waals surface area contributed by atoms with E-state index in [0.29, 0.717) is 37.6 Å². The molecular formula is C15H27N3O3. The largest absolute Gasteiger partial charge is 0.381 e. The van der Waals surface area contributed by atoms with Crippen molar-refractivity contribution in [3.8, 4) is 0 Å². The van der Waals surface area contributed by atoms with Crippen molar-refractivity contribution in [2.75, 3.05) is 26.9 Å². The second-order valence-electron chi connectivity index (χ2n) is 5.53. The molecule has 2 heterocycles. The first-order valence-electron chi connectivity index (χ1n) is 7.96. The normalized spacial score (nSPS) is 19.6. The van der Waals surface area contributed by atoms with Crippen LogP contribution in [-0.4, -0.2) is 43.1 Å². The Morgan fingerprint density at radius 2 is 2.10 bits per heavy atom. The minimum atomic E-state index is -0.436.